The van der Waals surface area contributed by atoms with E-state index in [1.807, 2.05) is 12.1 Å². The molecule has 5 heteroatoms. The normalized spacial score (nSPS) is 18.1. The molecule has 2 rings (SSSR count). The van der Waals surface area contributed by atoms with Crippen molar-refractivity contribution in [2.45, 2.75) is 0 Å². The molecule has 0 spiro atoms. The van der Waals surface area contributed by atoms with Gasteiger partial charge in [-0.2, -0.15) is 0 Å². The largest absolute Gasteiger partial charge is 0.328 e. The Labute approximate surface area is 104 Å². The van der Waals surface area contributed by atoms with Crippen LogP contribution in [0.2, 0.25) is 5.02 Å². The van der Waals surface area contributed by atoms with E-state index >= 15 is 0 Å². The van der Waals surface area contributed by atoms with Crippen LogP contribution < -0.4 is 5.32 Å². The van der Waals surface area contributed by atoms with Crippen molar-refractivity contribution in [1.29, 1.82) is 0 Å². The Hall–Kier alpha value is -1.39. The Kier molecular flexibility index (Phi) is 2.94. The van der Waals surface area contributed by atoms with Crippen molar-refractivity contribution in [2.75, 3.05) is 7.05 Å². The van der Waals surface area contributed by atoms with E-state index in [0.29, 0.717) is 15.8 Å². The number of thiocarbonyl (C=S) groups is 1. The van der Waals surface area contributed by atoms with Crippen LogP contribution in [0.3, 0.4) is 0 Å². The third kappa shape index (κ3) is 2.08. The molecule has 0 bridgehead atoms. The molecule has 1 aliphatic rings. The fraction of sp³-hybridized carbons (Fsp3) is 0.0909. The summed E-state index contributed by atoms with van der Waals surface area (Å²) in [6.07, 6.45) is 1.74. The van der Waals surface area contributed by atoms with Crippen molar-refractivity contribution in [1.82, 2.24) is 10.2 Å². The van der Waals surface area contributed by atoms with E-state index in [4.69, 9.17) is 23.8 Å². The smallest absolute Gasteiger partial charge is 0.276 e. The number of halogens is 1. The summed E-state index contributed by atoms with van der Waals surface area (Å²) >= 11 is 10.7. The molecule has 82 valence electrons. The molecular weight excluding hydrogens is 244 g/mol. The van der Waals surface area contributed by atoms with Crippen LogP contribution in [0.4, 0.5) is 0 Å². The second kappa shape index (κ2) is 4.23. The monoisotopic (exact) mass is 252 g/mol. The summed E-state index contributed by atoms with van der Waals surface area (Å²) in [7, 11) is 1.64. The third-order valence-corrected chi connectivity index (χ3v) is 2.89. The Morgan fingerprint density at radius 1 is 1.38 bits per heavy atom. The SMILES string of the molecule is CN1C(=O)/C(=C/c2ccc(Cl)cc2)NC1=S. The van der Waals surface area contributed by atoms with Crippen LogP contribution in [0.5, 0.6) is 0 Å². The van der Waals surface area contributed by atoms with Gasteiger partial charge in [-0.25, -0.2) is 0 Å². The maximum absolute atomic E-state index is 11.7. The zero-order valence-corrected chi connectivity index (χ0v) is 10.1. The van der Waals surface area contributed by atoms with Crippen LogP contribution in [-0.4, -0.2) is 23.0 Å². The number of nitrogens with zero attached hydrogens (tertiary/aromatic N) is 1. The summed E-state index contributed by atoms with van der Waals surface area (Å²) in [5.74, 6) is -0.125. The van der Waals surface area contributed by atoms with E-state index in [1.54, 1.807) is 25.3 Å². The van der Waals surface area contributed by atoms with Gasteiger partial charge >= 0.3 is 0 Å². The number of carbonyl (C=O) groups excluding carboxylic acids is 1. The molecule has 0 aromatic heterocycles. The van der Waals surface area contributed by atoms with Crippen LogP contribution in [0.1, 0.15) is 5.56 Å². The Bertz CT molecular complexity index is 481. The van der Waals surface area contributed by atoms with Gasteiger partial charge in [-0.1, -0.05) is 23.7 Å². The van der Waals surface area contributed by atoms with Crippen LogP contribution >= 0.6 is 23.8 Å². The van der Waals surface area contributed by atoms with Gasteiger partial charge in [0, 0.05) is 12.1 Å². The van der Waals surface area contributed by atoms with E-state index < -0.39 is 0 Å². The minimum atomic E-state index is -0.125. The number of amides is 1. The molecule has 1 amide bonds. The van der Waals surface area contributed by atoms with Crippen LogP contribution in [0.15, 0.2) is 30.0 Å². The summed E-state index contributed by atoms with van der Waals surface area (Å²) in [5, 5.41) is 3.94. The maximum atomic E-state index is 11.7. The first-order chi connectivity index (χ1) is 7.58. The zero-order chi connectivity index (χ0) is 11.7. The number of hydrogen-bond donors (Lipinski definition) is 1. The number of nitrogens with one attached hydrogen (secondary N) is 1. The van der Waals surface area contributed by atoms with E-state index in [9.17, 15) is 4.79 Å². The molecule has 1 saturated heterocycles. The Morgan fingerprint density at radius 2 is 2.00 bits per heavy atom. The quantitative estimate of drug-likeness (QED) is 0.613. The van der Waals surface area contributed by atoms with Crippen molar-refractivity contribution in [2.24, 2.45) is 0 Å². The van der Waals surface area contributed by atoms with Gasteiger partial charge in [0.25, 0.3) is 5.91 Å². The van der Waals surface area contributed by atoms with E-state index in [2.05, 4.69) is 5.32 Å². The molecule has 0 saturated carbocycles. The topological polar surface area (TPSA) is 32.3 Å². The number of rotatable bonds is 1. The number of likely N-dealkylation sites (N-methyl/N-ethyl adjacent to an activating group) is 1. The summed E-state index contributed by atoms with van der Waals surface area (Å²) in [5.41, 5.74) is 1.38. The molecule has 1 N–H and O–H groups in total. The lowest BCUT2D eigenvalue weighted by Crippen LogP contribution is -2.25. The lowest BCUT2D eigenvalue weighted by atomic mass is 10.2. The molecular formula is C11H9ClN2OS. The molecule has 1 aromatic rings. The second-order valence-corrected chi connectivity index (χ2v) is 4.23. The van der Waals surface area contributed by atoms with Crippen molar-refractivity contribution in [3.63, 3.8) is 0 Å². The Balaban J connectivity index is 2.29. The van der Waals surface area contributed by atoms with Gasteiger partial charge in [0.05, 0.1) is 0 Å². The lowest BCUT2D eigenvalue weighted by Gasteiger charge is -2.02. The minimum absolute atomic E-state index is 0.125. The Morgan fingerprint density at radius 3 is 2.50 bits per heavy atom. The zero-order valence-electron chi connectivity index (χ0n) is 8.53. The second-order valence-electron chi connectivity index (χ2n) is 3.40. The molecule has 0 unspecified atom stereocenters. The van der Waals surface area contributed by atoms with Gasteiger partial charge < -0.3 is 5.32 Å². The van der Waals surface area contributed by atoms with Gasteiger partial charge in [0.2, 0.25) is 0 Å². The predicted octanol–water partition coefficient (Wildman–Crippen LogP) is 2.03. The van der Waals surface area contributed by atoms with Crippen molar-refractivity contribution in [3.05, 3.63) is 40.5 Å². The molecule has 0 aliphatic carbocycles. The first-order valence-corrected chi connectivity index (χ1v) is 5.43. The average molecular weight is 253 g/mol. The number of benzene rings is 1. The molecule has 1 aliphatic heterocycles. The van der Waals surface area contributed by atoms with E-state index in [0.717, 1.165) is 5.56 Å². The summed E-state index contributed by atoms with van der Waals surface area (Å²) < 4.78 is 0. The van der Waals surface area contributed by atoms with Gasteiger partial charge in [-0.05, 0) is 36.0 Å². The lowest BCUT2D eigenvalue weighted by molar-refractivity contribution is -0.121. The highest BCUT2D eigenvalue weighted by atomic mass is 35.5. The molecule has 3 nitrogen and oxygen atoms in total. The standard InChI is InChI=1S/C11H9ClN2OS/c1-14-10(15)9(13-11(14)16)6-7-2-4-8(12)5-3-7/h2-6H,1H3,(H,13,16)/b9-6-. The predicted molar refractivity (Wildman–Crippen MR) is 67.9 cm³/mol. The van der Waals surface area contributed by atoms with Gasteiger partial charge in [0.15, 0.2) is 5.11 Å². The fourth-order valence-corrected chi connectivity index (χ4v) is 1.67. The first kappa shape index (κ1) is 11.1. The summed E-state index contributed by atoms with van der Waals surface area (Å²) in [6, 6.07) is 7.22. The highest BCUT2D eigenvalue weighted by Crippen LogP contribution is 2.15. The van der Waals surface area contributed by atoms with Gasteiger partial charge in [-0.3, -0.25) is 9.69 Å². The van der Waals surface area contributed by atoms with Crippen molar-refractivity contribution < 1.29 is 4.79 Å². The van der Waals surface area contributed by atoms with Crippen LogP contribution in [0, 0.1) is 0 Å². The molecule has 1 fully saturated rings. The summed E-state index contributed by atoms with van der Waals surface area (Å²) in [6.45, 7) is 0. The number of carbonyl (C=O) groups is 1. The first-order valence-electron chi connectivity index (χ1n) is 4.64. The minimum Gasteiger partial charge on any atom is -0.328 e. The van der Waals surface area contributed by atoms with Gasteiger partial charge in [0.1, 0.15) is 5.70 Å². The van der Waals surface area contributed by atoms with Crippen LogP contribution in [-0.2, 0) is 4.79 Å². The number of hydrogen-bond acceptors (Lipinski definition) is 2. The van der Waals surface area contributed by atoms with Gasteiger partial charge in [-0.15, -0.1) is 0 Å². The fourth-order valence-electron chi connectivity index (χ4n) is 1.35. The molecule has 0 atom stereocenters. The maximum Gasteiger partial charge on any atom is 0.276 e. The molecule has 16 heavy (non-hydrogen) atoms. The van der Waals surface area contributed by atoms with Crippen molar-refractivity contribution >= 4 is 40.9 Å². The van der Waals surface area contributed by atoms with Crippen LogP contribution in [0.25, 0.3) is 6.08 Å². The third-order valence-electron chi connectivity index (χ3n) is 2.26. The molecule has 1 aromatic carbocycles. The highest BCUT2D eigenvalue weighted by Gasteiger charge is 2.26. The van der Waals surface area contributed by atoms with Crippen molar-refractivity contribution in [3.8, 4) is 0 Å². The van der Waals surface area contributed by atoms with E-state index in [-0.39, 0.29) is 5.91 Å². The highest BCUT2D eigenvalue weighted by molar-refractivity contribution is 7.80. The molecule has 1 heterocycles. The average Bonchev–Trinajstić information content (AvgIpc) is 2.50. The summed E-state index contributed by atoms with van der Waals surface area (Å²) in [4.78, 5) is 13.1. The van der Waals surface area contributed by atoms with E-state index in [1.165, 1.54) is 4.90 Å². The molecule has 0 radical (unpaired) electrons.